The van der Waals surface area contributed by atoms with E-state index in [4.69, 9.17) is 4.74 Å². The van der Waals surface area contributed by atoms with Gasteiger partial charge in [0.2, 0.25) is 0 Å². The molecule has 4 nitrogen and oxygen atoms in total. The number of hydrogen-bond donors (Lipinski definition) is 1. The summed E-state index contributed by atoms with van der Waals surface area (Å²) >= 11 is 0. The molecule has 166 valence electrons. The van der Waals surface area contributed by atoms with E-state index >= 15 is 0 Å². The number of para-hydroxylation sites is 1. The number of nitrogens with zero attached hydrogens (tertiary/aromatic N) is 2. The van der Waals surface area contributed by atoms with Gasteiger partial charge in [-0.3, -0.25) is 0 Å². The molecule has 0 saturated carbocycles. The van der Waals surface area contributed by atoms with Gasteiger partial charge in [0.05, 0.1) is 0 Å². The number of aliphatic hydroxyl groups is 1. The Balaban J connectivity index is 1.94. The number of rotatable bonds is 5. The molecule has 0 amide bonds. The van der Waals surface area contributed by atoms with Gasteiger partial charge in [0.25, 0.3) is 0 Å². The molecule has 3 aromatic rings. The van der Waals surface area contributed by atoms with E-state index in [2.05, 4.69) is 22.0 Å². The molecule has 1 N–H and O–H groups in total. The van der Waals surface area contributed by atoms with Crippen molar-refractivity contribution in [3.05, 3.63) is 95.1 Å². The first kappa shape index (κ1) is 22.0. The van der Waals surface area contributed by atoms with Crippen LogP contribution >= 0.6 is 0 Å². The Morgan fingerprint density at radius 2 is 1.25 bits per heavy atom. The van der Waals surface area contributed by atoms with Crippen LogP contribution in [0.4, 0.5) is 11.4 Å². The van der Waals surface area contributed by atoms with Crippen LogP contribution in [0.25, 0.3) is 6.08 Å². The maximum Gasteiger partial charge on any atom is 0.144 e. The van der Waals surface area contributed by atoms with E-state index in [-0.39, 0.29) is 0 Å². The predicted molar refractivity (Wildman–Crippen MR) is 134 cm³/mol. The molecule has 0 saturated heterocycles. The zero-order valence-corrected chi connectivity index (χ0v) is 19.8. The van der Waals surface area contributed by atoms with Crippen molar-refractivity contribution in [1.82, 2.24) is 0 Å². The van der Waals surface area contributed by atoms with E-state index in [1.165, 1.54) is 0 Å². The molecule has 0 bridgehead atoms. The minimum atomic E-state index is -1.37. The topological polar surface area (TPSA) is 35.9 Å². The molecule has 0 unspecified atom stereocenters. The second kappa shape index (κ2) is 8.03. The number of fused-ring (bicyclic) bond motifs is 1. The van der Waals surface area contributed by atoms with Gasteiger partial charge < -0.3 is 19.6 Å². The maximum atomic E-state index is 12.5. The Morgan fingerprint density at radius 3 is 1.72 bits per heavy atom. The van der Waals surface area contributed by atoms with E-state index in [0.29, 0.717) is 0 Å². The Hall–Kier alpha value is -3.24. The molecule has 4 heteroatoms. The van der Waals surface area contributed by atoms with E-state index in [0.717, 1.165) is 39.4 Å². The molecule has 0 fully saturated rings. The van der Waals surface area contributed by atoms with Gasteiger partial charge in [-0.25, -0.2) is 0 Å². The summed E-state index contributed by atoms with van der Waals surface area (Å²) < 4.78 is 6.40. The van der Waals surface area contributed by atoms with Crippen molar-refractivity contribution < 1.29 is 9.84 Å². The van der Waals surface area contributed by atoms with Crippen LogP contribution < -0.4 is 14.5 Å². The average molecular weight is 429 g/mol. The standard InChI is InChI=1S/C28H32N2O2/c1-27(2)19-18-20-8-7-9-25(26(20)32-27)28(31,21-10-14-23(15-11-21)29(3)4)22-12-16-24(17-13-22)30(5)6/h7-19,31H,1-6H3. The molecule has 32 heavy (non-hydrogen) atoms. The number of ether oxygens (including phenoxy) is 1. The summed E-state index contributed by atoms with van der Waals surface area (Å²) in [7, 11) is 8.04. The van der Waals surface area contributed by atoms with E-state index in [1.54, 1.807) is 0 Å². The van der Waals surface area contributed by atoms with Gasteiger partial charge in [-0.15, -0.1) is 0 Å². The quantitative estimate of drug-likeness (QED) is 0.561. The molecule has 0 radical (unpaired) electrons. The van der Waals surface area contributed by atoms with Crippen molar-refractivity contribution in [2.45, 2.75) is 25.0 Å². The highest BCUT2D eigenvalue weighted by molar-refractivity contribution is 5.67. The lowest BCUT2D eigenvalue weighted by Crippen LogP contribution is -2.33. The normalized spacial score (nSPS) is 14.5. The summed E-state index contributed by atoms with van der Waals surface area (Å²) in [4.78, 5) is 4.10. The summed E-state index contributed by atoms with van der Waals surface area (Å²) in [6.07, 6.45) is 4.13. The number of anilines is 2. The lowest BCUT2D eigenvalue weighted by molar-refractivity contribution is 0.108. The molecule has 1 aliphatic rings. The van der Waals surface area contributed by atoms with Crippen molar-refractivity contribution >= 4 is 17.5 Å². The smallest absolute Gasteiger partial charge is 0.144 e. The first-order valence-electron chi connectivity index (χ1n) is 10.9. The molecule has 0 spiro atoms. The highest BCUT2D eigenvalue weighted by Gasteiger charge is 2.39. The van der Waals surface area contributed by atoms with Gasteiger partial charge in [0.15, 0.2) is 0 Å². The van der Waals surface area contributed by atoms with Crippen LogP contribution in [0.3, 0.4) is 0 Å². The highest BCUT2D eigenvalue weighted by atomic mass is 16.5. The van der Waals surface area contributed by atoms with Gasteiger partial charge in [-0.2, -0.15) is 0 Å². The third-order valence-electron chi connectivity index (χ3n) is 6.07. The van der Waals surface area contributed by atoms with Crippen LogP contribution in [0.15, 0.2) is 72.8 Å². The molecular formula is C28H32N2O2. The van der Waals surface area contributed by atoms with Crippen LogP contribution in [0.2, 0.25) is 0 Å². The van der Waals surface area contributed by atoms with Crippen LogP contribution in [-0.2, 0) is 5.60 Å². The number of benzene rings is 3. The van der Waals surface area contributed by atoms with Crippen LogP contribution in [-0.4, -0.2) is 38.9 Å². The Bertz CT molecular complexity index is 1080. The van der Waals surface area contributed by atoms with E-state index in [1.807, 2.05) is 109 Å². The van der Waals surface area contributed by atoms with Crippen LogP contribution in [0.1, 0.15) is 36.1 Å². The molecule has 0 atom stereocenters. The van der Waals surface area contributed by atoms with Crippen molar-refractivity contribution in [1.29, 1.82) is 0 Å². The summed E-state index contributed by atoms with van der Waals surface area (Å²) in [5.41, 5.74) is 3.63. The van der Waals surface area contributed by atoms with Crippen molar-refractivity contribution in [3.63, 3.8) is 0 Å². The molecule has 4 rings (SSSR count). The first-order chi connectivity index (χ1) is 15.1. The third-order valence-corrected chi connectivity index (χ3v) is 6.07. The molecule has 3 aromatic carbocycles. The second-order valence-corrected chi connectivity index (χ2v) is 9.36. The monoisotopic (exact) mass is 428 g/mol. The Morgan fingerprint density at radius 1 is 0.750 bits per heavy atom. The SMILES string of the molecule is CN(C)c1ccc(C(O)(c2ccc(N(C)C)cc2)c2cccc3c2OC(C)(C)C=C3)cc1. The molecule has 0 aliphatic carbocycles. The Labute approximate surface area is 191 Å². The van der Waals surface area contributed by atoms with Crippen LogP contribution in [0.5, 0.6) is 5.75 Å². The lowest BCUT2D eigenvalue weighted by atomic mass is 9.78. The van der Waals surface area contributed by atoms with Gasteiger partial charge in [-0.05, 0) is 55.3 Å². The second-order valence-electron chi connectivity index (χ2n) is 9.36. The number of hydrogen-bond acceptors (Lipinski definition) is 4. The van der Waals surface area contributed by atoms with Crippen molar-refractivity contribution in [3.8, 4) is 5.75 Å². The van der Waals surface area contributed by atoms with Gasteiger partial charge in [0.1, 0.15) is 17.0 Å². The van der Waals surface area contributed by atoms with Crippen molar-refractivity contribution in [2.75, 3.05) is 38.0 Å². The zero-order valence-electron chi connectivity index (χ0n) is 19.8. The minimum Gasteiger partial charge on any atom is -0.483 e. The zero-order chi connectivity index (χ0) is 23.1. The minimum absolute atomic E-state index is 0.451. The fourth-order valence-corrected chi connectivity index (χ4v) is 4.15. The molecule has 1 heterocycles. The Kier molecular flexibility index (Phi) is 5.51. The largest absolute Gasteiger partial charge is 0.483 e. The molecular weight excluding hydrogens is 396 g/mol. The van der Waals surface area contributed by atoms with Crippen LogP contribution in [0, 0.1) is 0 Å². The molecule has 0 aromatic heterocycles. The van der Waals surface area contributed by atoms with Gasteiger partial charge >= 0.3 is 0 Å². The summed E-state index contributed by atoms with van der Waals surface area (Å²) in [5, 5.41) is 12.5. The summed E-state index contributed by atoms with van der Waals surface area (Å²) in [6.45, 7) is 4.06. The van der Waals surface area contributed by atoms with E-state index < -0.39 is 11.2 Å². The molecule has 1 aliphatic heterocycles. The average Bonchev–Trinajstić information content (AvgIpc) is 2.77. The highest BCUT2D eigenvalue weighted by Crippen LogP contribution is 2.45. The maximum absolute atomic E-state index is 12.5. The fourth-order valence-electron chi connectivity index (χ4n) is 4.15. The van der Waals surface area contributed by atoms with E-state index in [9.17, 15) is 5.11 Å². The summed E-state index contributed by atoms with van der Waals surface area (Å²) in [6, 6.07) is 22.1. The van der Waals surface area contributed by atoms with Gasteiger partial charge in [0, 0.05) is 50.7 Å². The van der Waals surface area contributed by atoms with Gasteiger partial charge in [-0.1, -0.05) is 48.5 Å². The third kappa shape index (κ3) is 3.87. The predicted octanol–water partition coefficient (Wildman–Crippen LogP) is 5.29. The summed E-state index contributed by atoms with van der Waals surface area (Å²) in [5.74, 6) is 0.718. The fraction of sp³-hybridized carbons (Fsp3) is 0.286. The first-order valence-corrected chi connectivity index (χ1v) is 10.9. The van der Waals surface area contributed by atoms with Crippen molar-refractivity contribution in [2.24, 2.45) is 0 Å². The lowest BCUT2D eigenvalue weighted by Gasteiger charge is -2.36.